The molecule has 3 rings (SSSR count). The largest absolute Gasteiger partial charge is 0.549 e. The van der Waals surface area contributed by atoms with Gasteiger partial charge in [0.2, 0.25) is 8.32 Å². The van der Waals surface area contributed by atoms with E-state index >= 15 is 0 Å². The van der Waals surface area contributed by atoms with Crippen LogP contribution in [0.3, 0.4) is 0 Å². The second-order valence-corrected chi connectivity index (χ2v) is 16.5. The number of amides is 2. The highest BCUT2D eigenvalue weighted by molar-refractivity contribution is 8.00. The Hall–Kier alpha value is -2.77. The third kappa shape index (κ3) is 7.87. The summed E-state index contributed by atoms with van der Waals surface area (Å²) >= 11 is 1.71. The molecule has 2 aromatic carbocycles. The maximum absolute atomic E-state index is 12.9. The van der Waals surface area contributed by atoms with E-state index in [1.165, 1.54) is 11.0 Å². The van der Waals surface area contributed by atoms with E-state index in [1.54, 1.807) is 11.8 Å². The van der Waals surface area contributed by atoms with Gasteiger partial charge in [-0.25, -0.2) is 9.69 Å². The van der Waals surface area contributed by atoms with Crippen molar-refractivity contribution < 1.29 is 18.8 Å². The molecule has 0 radical (unpaired) electrons. The summed E-state index contributed by atoms with van der Waals surface area (Å²) in [7, 11) is -1.90. The molecule has 192 valence electrons. The number of rotatable bonds is 10. The van der Waals surface area contributed by atoms with Gasteiger partial charge in [0.1, 0.15) is 6.61 Å². The lowest BCUT2D eigenvalue weighted by Gasteiger charge is -2.35. The summed E-state index contributed by atoms with van der Waals surface area (Å²) in [6.45, 7) is 11.3. The second-order valence-electron chi connectivity index (χ2n) is 10.4. The van der Waals surface area contributed by atoms with Crippen LogP contribution < -0.4 is 0 Å². The van der Waals surface area contributed by atoms with E-state index in [4.69, 9.17) is 9.16 Å². The molecular weight excluding hydrogens is 486 g/mol. The van der Waals surface area contributed by atoms with Crippen LogP contribution in [0.1, 0.15) is 32.8 Å². The number of hydrogen-bond acceptors (Lipinski definition) is 5. The van der Waals surface area contributed by atoms with E-state index in [9.17, 15) is 9.59 Å². The number of allylic oxidation sites excluding steroid dienone is 1. The van der Waals surface area contributed by atoms with E-state index in [1.807, 2.05) is 60.9 Å². The SMILES string of the molecule is CC(C)(C)[Si](C)(C)O/C=C\[C@H](C/C=C/C(=O)N1C(=O)OC[C@@H]1Cc1ccccc1)Sc1ccccc1. The van der Waals surface area contributed by atoms with Gasteiger partial charge in [-0.2, -0.15) is 0 Å². The number of nitrogens with zero attached hydrogens (tertiary/aromatic N) is 1. The maximum atomic E-state index is 12.9. The smallest absolute Gasteiger partial charge is 0.417 e. The molecule has 5 nitrogen and oxygen atoms in total. The topological polar surface area (TPSA) is 55.8 Å². The summed E-state index contributed by atoms with van der Waals surface area (Å²) < 4.78 is 11.4. The summed E-state index contributed by atoms with van der Waals surface area (Å²) in [6, 6.07) is 19.7. The molecule has 0 aromatic heterocycles. The number of carbonyl (C=O) groups excluding carboxylic acids is 2. The lowest BCUT2D eigenvalue weighted by atomic mass is 10.1. The normalized spacial score (nSPS) is 17.5. The summed E-state index contributed by atoms with van der Waals surface area (Å²) in [4.78, 5) is 27.6. The van der Waals surface area contributed by atoms with Crippen molar-refractivity contribution in [2.75, 3.05) is 6.61 Å². The highest BCUT2D eigenvalue weighted by Gasteiger charge is 2.38. The van der Waals surface area contributed by atoms with Crippen molar-refractivity contribution in [2.24, 2.45) is 0 Å². The van der Waals surface area contributed by atoms with Crippen molar-refractivity contribution >= 4 is 32.1 Å². The summed E-state index contributed by atoms with van der Waals surface area (Å²) in [5, 5.41) is 0.193. The fourth-order valence-corrected chi connectivity index (χ4v) is 5.25. The van der Waals surface area contributed by atoms with Crippen LogP contribution in [0.5, 0.6) is 0 Å². The minimum absolute atomic E-state index is 0.0758. The van der Waals surface area contributed by atoms with E-state index in [-0.39, 0.29) is 28.8 Å². The Kier molecular flexibility index (Phi) is 9.62. The standard InChI is InChI=1S/C29H37NO4SSi/c1-29(2,3)36(4,5)34-20-19-26(35-25-15-10-7-11-16-25)17-12-18-27(31)30-24(22-33-28(30)32)21-23-13-8-6-9-14-23/h6-16,18-20,24,26H,17,21-22H2,1-5H3/b18-12+,20-19-/t24-,26-/m0/s1. The zero-order valence-corrected chi connectivity index (χ0v) is 23.7. The molecule has 0 bridgehead atoms. The maximum Gasteiger partial charge on any atom is 0.417 e. The molecular formula is C29H37NO4SSi. The predicted molar refractivity (Wildman–Crippen MR) is 149 cm³/mol. The Balaban J connectivity index is 1.66. The summed E-state index contributed by atoms with van der Waals surface area (Å²) in [5.41, 5.74) is 1.06. The molecule has 36 heavy (non-hydrogen) atoms. The van der Waals surface area contributed by atoms with Crippen LogP contribution >= 0.6 is 11.8 Å². The summed E-state index contributed by atoms with van der Waals surface area (Å²) in [6.07, 6.45) is 7.84. The third-order valence-corrected chi connectivity index (χ3v) is 12.2. The first-order valence-electron chi connectivity index (χ1n) is 12.3. The Morgan fingerprint density at radius 2 is 1.78 bits per heavy atom. The average molecular weight is 524 g/mol. The zero-order chi connectivity index (χ0) is 26.2. The molecule has 0 saturated carbocycles. The number of cyclic esters (lactones) is 1. The van der Waals surface area contributed by atoms with Crippen LogP contribution in [-0.4, -0.2) is 43.1 Å². The number of thioether (sulfide) groups is 1. The van der Waals surface area contributed by atoms with Crippen LogP contribution in [0.25, 0.3) is 0 Å². The van der Waals surface area contributed by atoms with E-state index in [0.29, 0.717) is 12.8 Å². The van der Waals surface area contributed by atoms with Gasteiger partial charge < -0.3 is 9.16 Å². The van der Waals surface area contributed by atoms with Crippen LogP contribution in [0.15, 0.2) is 90.0 Å². The quantitative estimate of drug-likeness (QED) is 0.142. The summed E-state index contributed by atoms with van der Waals surface area (Å²) in [5.74, 6) is -0.344. The van der Waals surface area contributed by atoms with Crippen molar-refractivity contribution in [2.45, 2.75) is 67.9 Å². The molecule has 2 atom stereocenters. The highest BCUT2D eigenvalue weighted by atomic mass is 32.2. The molecule has 0 unspecified atom stereocenters. The Labute approximate surface area is 220 Å². The van der Waals surface area contributed by atoms with Crippen LogP contribution in [-0.2, 0) is 20.4 Å². The molecule has 2 amide bonds. The molecule has 0 spiro atoms. The molecule has 2 aromatic rings. The molecule has 1 heterocycles. The number of ether oxygens (including phenoxy) is 1. The van der Waals surface area contributed by atoms with Crippen LogP contribution in [0, 0.1) is 0 Å². The predicted octanol–water partition coefficient (Wildman–Crippen LogP) is 7.22. The number of carbonyl (C=O) groups is 2. The average Bonchev–Trinajstić information content (AvgIpc) is 3.19. The van der Waals surface area contributed by atoms with Crippen molar-refractivity contribution in [3.05, 3.63) is 90.7 Å². The van der Waals surface area contributed by atoms with Crippen molar-refractivity contribution in [1.82, 2.24) is 4.90 Å². The number of hydrogen-bond donors (Lipinski definition) is 0. The number of benzene rings is 2. The molecule has 0 aliphatic carbocycles. The minimum atomic E-state index is -1.90. The Morgan fingerprint density at radius 3 is 2.42 bits per heavy atom. The molecule has 1 aliphatic rings. The van der Waals surface area contributed by atoms with Gasteiger partial charge in [0.05, 0.1) is 12.3 Å². The van der Waals surface area contributed by atoms with E-state index in [2.05, 4.69) is 52.1 Å². The first-order chi connectivity index (χ1) is 17.1. The van der Waals surface area contributed by atoms with Gasteiger partial charge in [0.25, 0.3) is 5.91 Å². The zero-order valence-electron chi connectivity index (χ0n) is 21.8. The fraction of sp³-hybridized carbons (Fsp3) is 0.379. The minimum Gasteiger partial charge on any atom is -0.549 e. The van der Waals surface area contributed by atoms with Crippen molar-refractivity contribution in [3.63, 3.8) is 0 Å². The lowest BCUT2D eigenvalue weighted by molar-refractivity contribution is -0.124. The van der Waals surface area contributed by atoms with Gasteiger partial charge in [-0.1, -0.05) is 75.4 Å². The molecule has 7 heteroatoms. The second kappa shape index (κ2) is 12.5. The van der Waals surface area contributed by atoms with Crippen molar-refractivity contribution in [1.29, 1.82) is 0 Å². The van der Waals surface area contributed by atoms with Crippen LogP contribution in [0.4, 0.5) is 4.79 Å². The van der Waals surface area contributed by atoms with Gasteiger partial charge >= 0.3 is 6.09 Å². The molecule has 1 fully saturated rings. The van der Waals surface area contributed by atoms with E-state index in [0.717, 1.165) is 10.5 Å². The van der Waals surface area contributed by atoms with Crippen molar-refractivity contribution in [3.8, 4) is 0 Å². The first-order valence-corrected chi connectivity index (χ1v) is 16.1. The highest BCUT2D eigenvalue weighted by Crippen LogP contribution is 2.37. The monoisotopic (exact) mass is 523 g/mol. The van der Waals surface area contributed by atoms with Gasteiger partial charge in [-0.15, -0.1) is 11.8 Å². The van der Waals surface area contributed by atoms with Gasteiger partial charge in [-0.05, 0) is 60.8 Å². The van der Waals surface area contributed by atoms with E-state index < -0.39 is 14.4 Å². The van der Waals surface area contributed by atoms with Gasteiger partial charge in [-0.3, -0.25) is 4.79 Å². The van der Waals surface area contributed by atoms with Gasteiger partial charge in [0, 0.05) is 10.1 Å². The first kappa shape index (κ1) is 27.8. The molecule has 1 aliphatic heterocycles. The molecule has 1 saturated heterocycles. The molecule has 0 N–H and O–H groups in total. The Bertz CT molecular complexity index is 1060. The Morgan fingerprint density at radius 1 is 1.14 bits per heavy atom. The fourth-order valence-electron chi connectivity index (χ4n) is 3.46. The lowest BCUT2D eigenvalue weighted by Crippen LogP contribution is -2.39. The third-order valence-electron chi connectivity index (χ3n) is 6.63. The number of imide groups is 1. The van der Waals surface area contributed by atoms with Gasteiger partial charge in [0.15, 0.2) is 0 Å². The van der Waals surface area contributed by atoms with Crippen LogP contribution in [0.2, 0.25) is 18.1 Å².